The van der Waals surface area contributed by atoms with Crippen molar-refractivity contribution in [1.82, 2.24) is 0 Å². The molecule has 2 aromatic rings. The van der Waals surface area contributed by atoms with Gasteiger partial charge in [0.25, 0.3) is 5.91 Å². The lowest BCUT2D eigenvalue weighted by atomic mass is 10.2. The lowest BCUT2D eigenvalue weighted by Crippen LogP contribution is -2.24. The summed E-state index contributed by atoms with van der Waals surface area (Å²) in [6.45, 7) is 4.00. The number of para-hydroxylation sites is 1. The van der Waals surface area contributed by atoms with E-state index in [0.29, 0.717) is 10.8 Å². The maximum absolute atomic E-state index is 12.3. The maximum atomic E-state index is 12.3. The fraction of sp³-hybridized carbons (Fsp3) is 0.350. The summed E-state index contributed by atoms with van der Waals surface area (Å²) < 4.78 is 5.58. The molecule has 1 saturated heterocycles. The highest BCUT2D eigenvalue weighted by Gasteiger charge is 2.19. The van der Waals surface area contributed by atoms with Gasteiger partial charge in [-0.15, -0.1) is 0 Å². The van der Waals surface area contributed by atoms with Crippen LogP contribution in [0.4, 0.5) is 11.4 Å². The van der Waals surface area contributed by atoms with Gasteiger partial charge in [0.05, 0.1) is 16.4 Å². The summed E-state index contributed by atoms with van der Waals surface area (Å²) in [6.07, 6.45) is 3.28. The average Bonchev–Trinajstić information content (AvgIpc) is 3.14. The molecule has 0 spiro atoms. The van der Waals surface area contributed by atoms with E-state index in [1.165, 1.54) is 5.56 Å². The van der Waals surface area contributed by atoms with Crippen molar-refractivity contribution in [1.29, 1.82) is 0 Å². The molecule has 1 aliphatic heterocycles. The Labute approximate surface area is 153 Å². The van der Waals surface area contributed by atoms with Crippen LogP contribution in [0.25, 0.3) is 0 Å². The van der Waals surface area contributed by atoms with Crippen LogP contribution >= 0.6 is 11.6 Å². The second-order valence-corrected chi connectivity index (χ2v) is 6.57. The summed E-state index contributed by atoms with van der Waals surface area (Å²) in [4.78, 5) is 14.5. The molecule has 2 aromatic carbocycles. The summed E-state index contributed by atoms with van der Waals surface area (Å²) in [5.74, 6) is 0.500. The van der Waals surface area contributed by atoms with E-state index in [0.717, 1.165) is 43.7 Å². The normalized spacial score (nSPS) is 13.8. The molecule has 0 unspecified atom stereocenters. The number of amides is 1. The van der Waals surface area contributed by atoms with Gasteiger partial charge in [-0.3, -0.25) is 4.79 Å². The largest absolute Gasteiger partial charge is 0.484 e. The number of halogens is 1. The Morgan fingerprint density at radius 2 is 1.88 bits per heavy atom. The minimum atomic E-state index is -0.192. The van der Waals surface area contributed by atoms with Gasteiger partial charge in [-0.1, -0.05) is 36.7 Å². The third-order valence-electron chi connectivity index (χ3n) is 4.38. The number of ether oxygens (including phenoxy) is 1. The molecule has 0 aliphatic carbocycles. The molecule has 3 rings (SSSR count). The Morgan fingerprint density at radius 3 is 2.56 bits per heavy atom. The Balaban J connectivity index is 1.63. The second-order valence-electron chi connectivity index (χ2n) is 6.16. The van der Waals surface area contributed by atoms with Crippen molar-refractivity contribution >= 4 is 28.9 Å². The number of rotatable bonds is 6. The molecule has 0 aromatic heterocycles. The summed E-state index contributed by atoms with van der Waals surface area (Å²) >= 11 is 6.37. The lowest BCUT2D eigenvalue weighted by Gasteiger charge is -2.23. The Bertz CT molecular complexity index is 725. The fourth-order valence-corrected chi connectivity index (χ4v) is 3.33. The van der Waals surface area contributed by atoms with Gasteiger partial charge in [-0.05, 0) is 49.1 Å². The fourth-order valence-electron chi connectivity index (χ4n) is 3.03. The first kappa shape index (κ1) is 17.6. The molecule has 1 heterocycles. The third-order valence-corrected chi connectivity index (χ3v) is 4.69. The quantitative estimate of drug-likeness (QED) is 0.825. The molecule has 0 atom stereocenters. The van der Waals surface area contributed by atoms with Crippen molar-refractivity contribution < 1.29 is 9.53 Å². The van der Waals surface area contributed by atoms with Crippen LogP contribution in [0.3, 0.4) is 0 Å². The summed E-state index contributed by atoms with van der Waals surface area (Å²) in [5, 5.41) is 3.59. The van der Waals surface area contributed by atoms with Crippen molar-refractivity contribution in [2.24, 2.45) is 0 Å². The number of anilines is 2. The molecule has 1 N–H and O–H groups in total. The van der Waals surface area contributed by atoms with E-state index in [4.69, 9.17) is 16.3 Å². The van der Waals surface area contributed by atoms with Crippen LogP contribution in [-0.4, -0.2) is 25.6 Å². The summed E-state index contributed by atoms with van der Waals surface area (Å²) in [6, 6.07) is 13.4. The van der Waals surface area contributed by atoms with Gasteiger partial charge in [0.2, 0.25) is 0 Å². The maximum Gasteiger partial charge on any atom is 0.262 e. The monoisotopic (exact) mass is 358 g/mol. The van der Waals surface area contributed by atoms with Gasteiger partial charge in [0.1, 0.15) is 5.75 Å². The molecule has 1 amide bonds. The minimum absolute atomic E-state index is 0.0303. The van der Waals surface area contributed by atoms with E-state index in [1.54, 1.807) is 0 Å². The number of aryl methyl sites for hydroxylation is 1. The van der Waals surface area contributed by atoms with E-state index in [9.17, 15) is 4.79 Å². The van der Waals surface area contributed by atoms with Crippen LogP contribution in [0.1, 0.15) is 25.3 Å². The van der Waals surface area contributed by atoms with E-state index in [2.05, 4.69) is 17.1 Å². The van der Waals surface area contributed by atoms with Crippen LogP contribution in [-0.2, 0) is 11.2 Å². The third kappa shape index (κ3) is 4.45. The van der Waals surface area contributed by atoms with Crippen LogP contribution in [0.5, 0.6) is 5.75 Å². The molecular formula is C20H23ClN2O2. The lowest BCUT2D eigenvalue weighted by molar-refractivity contribution is -0.118. The molecular weight excluding hydrogens is 336 g/mol. The van der Waals surface area contributed by atoms with Gasteiger partial charge in [-0.25, -0.2) is 0 Å². The van der Waals surface area contributed by atoms with E-state index in [1.807, 2.05) is 42.5 Å². The number of carbonyl (C=O) groups excluding carboxylic acids is 1. The predicted octanol–water partition coefficient (Wildman–Crippen LogP) is 4.52. The van der Waals surface area contributed by atoms with Crippen molar-refractivity contribution in [3.63, 3.8) is 0 Å². The van der Waals surface area contributed by atoms with Gasteiger partial charge in [0.15, 0.2) is 6.61 Å². The molecule has 132 valence electrons. The molecule has 1 aliphatic rings. The zero-order chi connectivity index (χ0) is 17.6. The molecule has 0 radical (unpaired) electrons. The molecule has 0 saturated carbocycles. The number of benzene rings is 2. The predicted molar refractivity (Wildman–Crippen MR) is 103 cm³/mol. The SMILES string of the molecule is CCc1ccc(OCC(=O)Nc2cccc(Cl)c2N2CCCC2)cc1. The standard InChI is InChI=1S/C20H23ClN2O2/c1-2-15-8-10-16(11-9-15)25-14-19(24)22-18-7-5-6-17(21)20(18)23-12-3-4-13-23/h5-11H,2-4,12-14H2,1H3,(H,22,24). The van der Waals surface area contributed by atoms with E-state index in [-0.39, 0.29) is 12.5 Å². The zero-order valence-electron chi connectivity index (χ0n) is 14.4. The highest BCUT2D eigenvalue weighted by Crippen LogP contribution is 2.35. The number of nitrogens with one attached hydrogen (secondary N) is 1. The van der Waals surface area contributed by atoms with Crippen molar-refractivity contribution in [3.8, 4) is 5.75 Å². The average molecular weight is 359 g/mol. The number of hydrogen-bond acceptors (Lipinski definition) is 3. The second kappa shape index (κ2) is 8.26. The Hall–Kier alpha value is -2.20. The van der Waals surface area contributed by atoms with Crippen LogP contribution in [0, 0.1) is 0 Å². The first-order valence-electron chi connectivity index (χ1n) is 8.72. The summed E-state index contributed by atoms with van der Waals surface area (Å²) in [7, 11) is 0. The highest BCUT2D eigenvalue weighted by atomic mass is 35.5. The smallest absolute Gasteiger partial charge is 0.262 e. The topological polar surface area (TPSA) is 41.6 Å². The zero-order valence-corrected chi connectivity index (χ0v) is 15.2. The van der Waals surface area contributed by atoms with Crippen LogP contribution < -0.4 is 15.0 Å². The molecule has 0 bridgehead atoms. The van der Waals surface area contributed by atoms with E-state index >= 15 is 0 Å². The minimum Gasteiger partial charge on any atom is -0.484 e. The molecule has 4 nitrogen and oxygen atoms in total. The van der Waals surface area contributed by atoms with Gasteiger partial charge >= 0.3 is 0 Å². The number of carbonyl (C=O) groups is 1. The van der Waals surface area contributed by atoms with Crippen LogP contribution in [0.15, 0.2) is 42.5 Å². The molecule has 1 fully saturated rings. The van der Waals surface area contributed by atoms with Crippen molar-refractivity contribution in [3.05, 3.63) is 53.1 Å². The highest BCUT2D eigenvalue weighted by molar-refractivity contribution is 6.34. The molecule has 5 heteroatoms. The van der Waals surface area contributed by atoms with Gasteiger partial charge in [-0.2, -0.15) is 0 Å². The van der Waals surface area contributed by atoms with Gasteiger partial charge < -0.3 is 15.0 Å². The summed E-state index contributed by atoms with van der Waals surface area (Å²) in [5.41, 5.74) is 2.89. The van der Waals surface area contributed by atoms with Crippen LogP contribution in [0.2, 0.25) is 5.02 Å². The van der Waals surface area contributed by atoms with Crippen molar-refractivity contribution in [2.75, 3.05) is 29.9 Å². The number of nitrogens with zero attached hydrogens (tertiary/aromatic N) is 1. The van der Waals surface area contributed by atoms with Gasteiger partial charge in [0, 0.05) is 13.1 Å². The number of hydrogen-bond donors (Lipinski definition) is 1. The first-order valence-corrected chi connectivity index (χ1v) is 9.10. The molecule has 25 heavy (non-hydrogen) atoms. The van der Waals surface area contributed by atoms with E-state index < -0.39 is 0 Å². The van der Waals surface area contributed by atoms with Crippen molar-refractivity contribution in [2.45, 2.75) is 26.2 Å². The Morgan fingerprint density at radius 1 is 1.16 bits per heavy atom. The Kier molecular flexibility index (Phi) is 5.82. The first-order chi connectivity index (χ1) is 12.2.